The number of ether oxygens (including phenoxy) is 1. The molecule has 0 spiro atoms. The van der Waals surface area contributed by atoms with Gasteiger partial charge in [0.1, 0.15) is 12.4 Å². The lowest BCUT2D eigenvalue weighted by atomic mass is 10.2. The van der Waals surface area contributed by atoms with E-state index in [2.05, 4.69) is 10.3 Å². The maximum atomic E-state index is 5.82. The number of hydrogen-bond donors (Lipinski definition) is 2. The van der Waals surface area contributed by atoms with Gasteiger partial charge < -0.3 is 15.8 Å². The number of hydrogen-bond acceptors (Lipinski definition) is 2. The van der Waals surface area contributed by atoms with Gasteiger partial charge in [-0.05, 0) is 36.8 Å². The third kappa shape index (κ3) is 6.48. The summed E-state index contributed by atoms with van der Waals surface area (Å²) in [4.78, 5) is 4.22. The van der Waals surface area contributed by atoms with Crippen LogP contribution in [-0.4, -0.2) is 19.1 Å². The Labute approximate surface area is 142 Å². The molecule has 0 amide bonds. The fourth-order valence-electron chi connectivity index (χ4n) is 1.76. The van der Waals surface area contributed by atoms with Crippen molar-refractivity contribution in [2.75, 3.05) is 18.5 Å². The Morgan fingerprint density at radius 3 is 2.62 bits per heavy atom. The van der Waals surface area contributed by atoms with Crippen LogP contribution < -0.4 is 15.8 Å². The molecule has 0 fully saturated rings. The summed E-state index contributed by atoms with van der Waals surface area (Å²) >= 11 is 0. The minimum Gasteiger partial charge on any atom is -0.492 e. The van der Waals surface area contributed by atoms with Gasteiger partial charge in [0.05, 0.1) is 6.54 Å². The molecular formula is C16H20IN3O. The molecule has 2 rings (SSSR count). The molecule has 21 heavy (non-hydrogen) atoms. The number of nitrogens with zero attached hydrogens (tertiary/aromatic N) is 1. The van der Waals surface area contributed by atoms with E-state index < -0.39 is 0 Å². The van der Waals surface area contributed by atoms with Crippen LogP contribution >= 0.6 is 24.0 Å². The van der Waals surface area contributed by atoms with Crippen LogP contribution in [0.1, 0.15) is 5.56 Å². The molecule has 3 N–H and O–H groups in total. The number of guanidine groups is 1. The highest BCUT2D eigenvalue weighted by Crippen LogP contribution is 2.09. The van der Waals surface area contributed by atoms with Crippen LogP contribution in [0.2, 0.25) is 0 Å². The first-order valence-electron chi connectivity index (χ1n) is 6.55. The number of para-hydroxylation sites is 1. The van der Waals surface area contributed by atoms with E-state index in [4.69, 9.17) is 10.5 Å². The summed E-state index contributed by atoms with van der Waals surface area (Å²) < 4.78 is 5.54. The first-order chi connectivity index (χ1) is 9.74. The Bertz CT molecular complexity index is 573. The van der Waals surface area contributed by atoms with Crippen molar-refractivity contribution in [2.24, 2.45) is 10.7 Å². The number of nitrogens with two attached hydrogens (primary N) is 1. The summed E-state index contributed by atoms with van der Waals surface area (Å²) in [5.74, 6) is 1.24. The van der Waals surface area contributed by atoms with Gasteiger partial charge in [0, 0.05) is 5.69 Å². The van der Waals surface area contributed by atoms with Crippen molar-refractivity contribution in [1.29, 1.82) is 0 Å². The quantitative estimate of drug-likeness (QED) is 0.352. The molecule has 4 nitrogen and oxygen atoms in total. The van der Waals surface area contributed by atoms with Crippen molar-refractivity contribution >= 4 is 35.6 Å². The molecule has 0 bridgehead atoms. The maximum absolute atomic E-state index is 5.82. The summed E-state index contributed by atoms with van der Waals surface area (Å²) in [6.07, 6.45) is 0. The van der Waals surface area contributed by atoms with Crippen molar-refractivity contribution in [3.8, 4) is 5.75 Å². The molecule has 0 aliphatic rings. The first-order valence-corrected chi connectivity index (χ1v) is 6.55. The minimum absolute atomic E-state index is 0. The van der Waals surface area contributed by atoms with Crippen LogP contribution in [0.4, 0.5) is 5.69 Å². The lowest BCUT2D eigenvalue weighted by Gasteiger charge is -2.07. The number of nitrogens with one attached hydrogen (secondary N) is 1. The second-order valence-electron chi connectivity index (χ2n) is 4.42. The Kier molecular flexibility index (Phi) is 7.60. The van der Waals surface area contributed by atoms with E-state index in [1.165, 1.54) is 5.56 Å². The molecule has 0 aromatic heterocycles. The molecule has 112 valence electrons. The average molecular weight is 397 g/mol. The van der Waals surface area contributed by atoms with E-state index in [-0.39, 0.29) is 24.0 Å². The molecule has 0 aliphatic carbocycles. The van der Waals surface area contributed by atoms with Crippen molar-refractivity contribution < 1.29 is 4.74 Å². The lowest BCUT2D eigenvalue weighted by molar-refractivity contribution is 0.329. The second-order valence-corrected chi connectivity index (χ2v) is 4.42. The molecule has 0 saturated heterocycles. The Morgan fingerprint density at radius 2 is 1.90 bits per heavy atom. The molecule has 5 heteroatoms. The monoisotopic (exact) mass is 397 g/mol. The van der Waals surface area contributed by atoms with Gasteiger partial charge in [0.25, 0.3) is 0 Å². The van der Waals surface area contributed by atoms with Gasteiger partial charge in [-0.1, -0.05) is 30.3 Å². The third-order valence-electron chi connectivity index (χ3n) is 2.68. The van der Waals surface area contributed by atoms with E-state index in [9.17, 15) is 0 Å². The molecule has 0 atom stereocenters. The zero-order chi connectivity index (χ0) is 14.2. The van der Waals surface area contributed by atoms with Crippen LogP contribution in [0.15, 0.2) is 59.6 Å². The zero-order valence-corrected chi connectivity index (χ0v) is 14.3. The summed E-state index contributed by atoms with van der Waals surface area (Å²) in [5, 5.41) is 3.05. The molecule has 0 radical (unpaired) electrons. The van der Waals surface area contributed by atoms with Gasteiger partial charge >= 0.3 is 0 Å². The highest BCUT2D eigenvalue weighted by molar-refractivity contribution is 14.0. The fraction of sp³-hybridized carbons (Fsp3) is 0.188. The SMILES string of the molecule is Cc1cccc(NC(N)=NCCOc2ccccc2)c1.I. The number of halogens is 1. The highest BCUT2D eigenvalue weighted by Gasteiger charge is 1.95. The molecule has 2 aromatic rings. The topological polar surface area (TPSA) is 59.6 Å². The molecule has 0 unspecified atom stereocenters. The largest absolute Gasteiger partial charge is 0.492 e. The highest BCUT2D eigenvalue weighted by atomic mass is 127. The fourth-order valence-corrected chi connectivity index (χ4v) is 1.76. The smallest absolute Gasteiger partial charge is 0.193 e. The molecule has 0 saturated carbocycles. The summed E-state index contributed by atoms with van der Waals surface area (Å²) in [6, 6.07) is 17.6. The van der Waals surface area contributed by atoms with Crippen molar-refractivity contribution in [3.63, 3.8) is 0 Å². The van der Waals surface area contributed by atoms with Crippen LogP contribution in [0, 0.1) is 6.92 Å². The van der Waals surface area contributed by atoms with Gasteiger partial charge in [-0.25, -0.2) is 4.99 Å². The third-order valence-corrected chi connectivity index (χ3v) is 2.68. The number of aryl methyl sites for hydroxylation is 1. The zero-order valence-electron chi connectivity index (χ0n) is 12.0. The molecular weight excluding hydrogens is 377 g/mol. The summed E-state index contributed by atoms with van der Waals surface area (Å²) in [7, 11) is 0. The average Bonchev–Trinajstić information content (AvgIpc) is 2.45. The molecule has 0 aliphatic heterocycles. The van der Waals surface area contributed by atoms with Gasteiger partial charge in [-0.2, -0.15) is 0 Å². The van der Waals surface area contributed by atoms with E-state index >= 15 is 0 Å². The van der Waals surface area contributed by atoms with Gasteiger partial charge in [0.2, 0.25) is 0 Å². The predicted octanol–water partition coefficient (Wildman–Crippen LogP) is 3.42. The van der Waals surface area contributed by atoms with Crippen molar-refractivity contribution in [2.45, 2.75) is 6.92 Å². The van der Waals surface area contributed by atoms with Crippen molar-refractivity contribution in [1.82, 2.24) is 0 Å². The Morgan fingerprint density at radius 1 is 1.14 bits per heavy atom. The van der Waals surface area contributed by atoms with E-state index in [0.29, 0.717) is 19.1 Å². The lowest BCUT2D eigenvalue weighted by Crippen LogP contribution is -2.23. The van der Waals surface area contributed by atoms with Crippen LogP contribution in [0.3, 0.4) is 0 Å². The number of anilines is 1. The Balaban J connectivity index is 0.00000220. The standard InChI is InChI=1S/C16H19N3O.HI/c1-13-6-5-7-14(12-13)19-16(17)18-10-11-20-15-8-3-2-4-9-15;/h2-9,12H,10-11H2,1H3,(H3,17,18,19);1H. The second kappa shape index (κ2) is 9.23. The number of rotatable bonds is 5. The summed E-state index contributed by atoms with van der Waals surface area (Å²) in [5.41, 5.74) is 7.93. The van der Waals surface area contributed by atoms with Crippen molar-refractivity contribution in [3.05, 3.63) is 60.2 Å². The maximum Gasteiger partial charge on any atom is 0.193 e. The van der Waals surface area contributed by atoms with E-state index in [1.807, 2.05) is 61.5 Å². The molecule has 2 aromatic carbocycles. The van der Waals surface area contributed by atoms with Crippen LogP contribution in [0.5, 0.6) is 5.75 Å². The van der Waals surface area contributed by atoms with E-state index in [1.54, 1.807) is 0 Å². The van der Waals surface area contributed by atoms with Crippen LogP contribution in [-0.2, 0) is 0 Å². The normalized spacial score (nSPS) is 10.6. The number of aliphatic imine (C=N–C) groups is 1. The predicted molar refractivity (Wildman–Crippen MR) is 98.6 cm³/mol. The minimum atomic E-state index is 0. The Hall–Kier alpha value is -1.76. The van der Waals surface area contributed by atoms with E-state index in [0.717, 1.165) is 11.4 Å². The summed E-state index contributed by atoms with van der Waals surface area (Å²) in [6.45, 7) is 3.05. The first kappa shape index (κ1) is 17.3. The molecule has 0 heterocycles. The van der Waals surface area contributed by atoms with Gasteiger partial charge in [-0.15, -0.1) is 24.0 Å². The number of benzene rings is 2. The van der Waals surface area contributed by atoms with Crippen LogP contribution in [0.25, 0.3) is 0 Å². The van der Waals surface area contributed by atoms with Gasteiger partial charge in [0.15, 0.2) is 5.96 Å². The van der Waals surface area contributed by atoms with Gasteiger partial charge in [-0.3, -0.25) is 0 Å².